The zero-order chi connectivity index (χ0) is 26.9. The van der Waals surface area contributed by atoms with Crippen LogP contribution in [0, 0.1) is 0 Å². The molecule has 1 aliphatic rings. The number of rotatable bonds is 6. The Bertz CT molecular complexity index is 1310. The van der Waals surface area contributed by atoms with Crippen LogP contribution in [0.1, 0.15) is 39.0 Å². The van der Waals surface area contributed by atoms with Crippen molar-refractivity contribution in [1.82, 2.24) is 4.90 Å². The predicted molar refractivity (Wildman–Crippen MR) is 130 cm³/mol. The number of carbonyl (C=O) groups is 2. The molecular weight excluding hydrogens is 489 g/mol. The van der Waals surface area contributed by atoms with Crippen molar-refractivity contribution < 1.29 is 37.0 Å². The van der Waals surface area contributed by atoms with E-state index in [-0.39, 0.29) is 17.2 Å². The minimum atomic E-state index is -4.50. The van der Waals surface area contributed by atoms with Gasteiger partial charge in [-0.1, -0.05) is 12.1 Å². The average molecular weight is 515 g/mol. The molecule has 3 aromatic rings. The number of hydrogen-bond acceptors (Lipinski definition) is 5. The van der Waals surface area contributed by atoms with Crippen molar-refractivity contribution in [2.45, 2.75) is 18.1 Å². The smallest absolute Gasteiger partial charge is 0.416 e. The summed E-state index contributed by atoms with van der Waals surface area (Å²) in [6.07, 6.45) is -4.50. The van der Waals surface area contributed by atoms with Gasteiger partial charge in [0.15, 0.2) is 11.5 Å². The Hall–Kier alpha value is -4.21. The lowest BCUT2D eigenvalue weighted by atomic mass is 9.79. The SMILES string of the molecule is COc1ccc([C@H]2[C@H](C(=O)Nc3ccc(C(F)(F)F)cc3)c3cc(OC)c(OC)cc3C(=O)N2C)cc1. The molecule has 0 radical (unpaired) electrons. The number of amides is 2. The summed E-state index contributed by atoms with van der Waals surface area (Å²) in [7, 11) is 6.01. The largest absolute Gasteiger partial charge is 0.497 e. The van der Waals surface area contributed by atoms with Crippen LogP contribution < -0.4 is 19.5 Å². The van der Waals surface area contributed by atoms with Crippen LogP contribution in [0.4, 0.5) is 18.9 Å². The lowest BCUT2D eigenvalue weighted by molar-refractivity contribution is -0.137. The molecule has 0 fully saturated rings. The van der Waals surface area contributed by atoms with Gasteiger partial charge in [-0.2, -0.15) is 13.2 Å². The van der Waals surface area contributed by atoms with E-state index in [0.29, 0.717) is 28.4 Å². The van der Waals surface area contributed by atoms with E-state index in [2.05, 4.69) is 5.32 Å². The first-order valence-corrected chi connectivity index (χ1v) is 11.2. The van der Waals surface area contributed by atoms with Crippen molar-refractivity contribution in [2.75, 3.05) is 33.7 Å². The van der Waals surface area contributed by atoms with E-state index < -0.39 is 29.6 Å². The van der Waals surface area contributed by atoms with Crippen molar-refractivity contribution in [3.8, 4) is 17.2 Å². The van der Waals surface area contributed by atoms with Crippen LogP contribution in [0.2, 0.25) is 0 Å². The fourth-order valence-electron chi connectivity index (χ4n) is 4.51. The summed E-state index contributed by atoms with van der Waals surface area (Å²) in [4.78, 5) is 28.6. The van der Waals surface area contributed by atoms with Crippen molar-refractivity contribution in [3.63, 3.8) is 0 Å². The molecule has 4 rings (SSSR count). The Kier molecular flexibility index (Phi) is 7.02. The number of nitrogens with zero attached hydrogens (tertiary/aromatic N) is 1. The molecule has 3 aromatic carbocycles. The van der Waals surface area contributed by atoms with Gasteiger partial charge in [0.2, 0.25) is 5.91 Å². The molecule has 0 aliphatic carbocycles. The average Bonchev–Trinajstić information content (AvgIpc) is 2.89. The molecule has 194 valence electrons. The number of benzene rings is 3. The molecular formula is C27H25F3N2O5. The van der Waals surface area contributed by atoms with Crippen molar-refractivity contribution in [3.05, 3.63) is 82.9 Å². The number of carbonyl (C=O) groups excluding carboxylic acids is 2. The summed E-state index contributed by atoms with van der Waals surface area (Å²) >= 11 is 0. The van der Waals surface area contributed by atoms with Gasteiger partial charge < -0.3 is 24.4 Å². The van der Waals surface area contributed by atoms with Gasteiger partial charge >= 0.3 is 6.18 Å². The normalized spacial score (nSPS) is 17.2. The Balaban J connectivity index is 1.82. The molecule has 1 N–H and O–H groups in total. The number of halogens is 3. The van der Waals surface area contributed by atoms with Gasteiger partial charge in [0.25, 0.3) is 5.91 Å². The molecule has 0 spiro atoms. The monoisotopic (exact) mass is 514 g/mol. The van der Waals surface area contributed by atoms with Gasteiger partial charge in [-0.3, -0.25) is 9.59 Å². The van der Waals surface area contributed by atoms with E-state index in [1.807, 2.05) is 0 Å². The Morgan fingerprint density at radius 2 is 1.49 bits per heavy atom. The van der Waals surface area contributed by atoms with Crippen LogP contribution in [0.5, 0.6) is 17.2 Å². The summed E-state index contributed by atoms with van der Waals surface area (Å²) in [6, 6.07) is 13.5. The molecule has 0 aromatic heterocycles. The summed E-state index contributed by atoms with van der Waals surface area (Å²) in [5.41, 5.74) is 0.702. The summed E-state index contributed by atoms with van der Waals surface area (Å²) < 4.78 is 55.0. The van der Waals surface area contributed by atoms with Crippen molar-refractivity contribution in [1.29, 1.82) is 0 Å². The van der Waals surface area contributed by atoms with Crippen molar-refractivity contribution >= 4 is 17.5 Å². The first-order chi connectivity index (χ1) is 17.6. The predicted octanol–water partition coefficient (Wildman–Crippen LogP) is 5.28. The maximum atomic E-state index is 13.8. The standard InChI is InChI=1S/C27H25F3N2O5/c1-32-24(15-5-11-18(35-2)12-6-15)23(19-13-21(36-3)22(37-4)14-20(19)26(32)34)25(33)31-17-9-7-16(8-10-17)27(28,29)30/h5-14,23-24H,1-4H3,(H,31,33)/t23-,24+/m1/s1. The number of ether oxygens (including phenoxy) is 3. The highest BCUT2D eigenvalue weighted by Gasteiger charge is 2.43. The number of fused-ring (bicyclic) bond motifs is 1. The van der Waals surface area contributed by atoms with E-state index in [9.17, 15) is 22.8 Å². The third kappa shape index (κ3) is 4.91. The third-order valence-corrected chi connectivity index (χ3v) is 6.39. The summed E-state index contributed by atoms with van der Waals surface area (Å²) in [6.45, 7) is 0. The third-order valence-electron chi connectivity index (χ3n) is 6.39. The lowest BCUT2D eigenvalue weighted by Gasteiger charge is -2.40. The summed E-state index contributed by atoms with van der Waals surface area (Å²) in [5.74, 6) is -0.491. The molecule has 0 saturated carbocycles. The molecule has 7 nitrogen and oxygen atoms in total. The summed E-state index contributed by atoms with van der Waals surface area (Å²) in [5, 5.41) is 2.71. The van der Waals surface area contributed by atoms with Crippen LogP contribution in [-0.2, 0) is 11.0 Å². The fourth-order valence-corrected chi connectivity index (χ4v) is 4.51. The number of anilines is 1. The highest BCUT2D eigenvalue weighted by atomic mass is 19.4. The van der Waals surface area contributed by atoms with Crippen LogP contribution in [0.3, 0.4) is 0 Å². The number of alkyl halides is 3. The fraction of sp³-hybridized carbons (Fsp3) is 0.259. The second-order valence-electron chi connectivity index (χ2n) is 8.47. The molecule has 37 heavy (non-hydrogen) atoms. The van der Waals surface area contributed by atoms with Crippen LogP contribution in [-0.4, -0.2) is 45.1 Å². The molecule has 1 heterocycles. The van der Waals surface area contributed by atoms with Gasteiger partial charge in [-0.05, 0) is 59.7 Å². The highest BCUT2D eigenvalue weighted by molar-refractivity contribution is 6.05. The molecule has 0 unspecified atom stereocenters. The Morgan fingerprint density at radius 3 is 2.03 bits per heavy atom. The quantitative estimate of drug-likeness (QED) is 0.485. The first kappa shape index (κ1) is 25.9. The second-order valence-corrected chi connectivity index (χ2v) is 8.47. The Labute approximate surface area is 211 Å². The van der Waals surface area contributed by atoms with E-state index in [1.54, 1.807) is 37.4 Å². The maximum absolute atomic E-state index is 13.8. The Morgan fingerprint density at radius 1 is 0.892 bits per heavy atom. The molecule has 2 amide bonds. The highest BCUT2D eigenvalue weighted by Crippen LogP contribution is 2.46. The van der Waals surface area contributed by atoms with Gasteiger partial charge in [0.1, 0.15) is 5.75 Å². The van der Waals surface area contributed by atoms with Gasteiger partial charge in [-0.15, -0.1) is 0 Å². The van der Waals surface area contributed by atoms with E-state index in [4.69, 9.17) is 14.2 Å². The van der Waals surface area contributed by atoms with Crippen LogP contribution in [0.25, 0.3) is 0 Å². The maximum Gasteiger partial charge on any atom is 0.416 e. The minimum Gasteiger partial charge on any atom is -0.497 e. The zero-order valence-electron chi connectivity index (χ0n) is 20.6. The number of nitrogens with one attached hydrogen (secondary N) is 1. The molecule has 2 atom stereocenters. The van der Waals surface area contributed by atoms with Gasteiger partial charge in [0, 0.05) is 18.3 Å². The van der Waals surface area contributed by atoms with Gasteiger partial charge in [-0.25, -0.2) is 0 Å². The number of hydrogen-bond donors (Lipinski definition) is 1. The minimum absolute atomic E-state index is 0.188. The van der Waals surface area contributed by atoms with Gasteiger partial charge in [0.05, 0.1) is 38.9 Å². The van der Waals surface area contributed by atoms with Crippen LogP contribution >= 0.6 is 0 Å². The molecule has 0 bridgehead atoms. The van der Waals surface area contributed by atoms with E-state index >= 15 is 0 Å². The second kappa shape index (κ2) is 10.0. The topological polar surface area (TPSA) is 77.1 Å². The zero-order valence-corrected chi connectivity index (χ0v) is 20.6. The number of methoxy groups -OCH3 is 3. The molecule has 0 saturated heterocycles. The molecule has 1 aliphatic heterocycles. The lowest BCUT2D eigenvalue weighted by Crippen LogP contribution is -2.44. The molecule has 10 heteroatoms. The van der Waals surface area contributed by atoms with Crippen LogP contribution in [0.15, 0.2) is 60.7 Å². The van der Waals surface area contributed by atoms with E-state index in [0.717, 1.165) is 12.1 Å². The number of likely N-dealkylation sites (N-methyl/N-ethyl adjacent to an activating group) is 1. The van der Waals surface area contributed by atoms with E-state index in [1.165, 1.54) is 44.4 Å². The first-order valence-electron chi connectivity index (χ1n) is 11.2. The van der Waals surface area contributed by atoms with Crippen molar-refractivity contribution in [2.24, 2.45) is 0 Å².